The highest BCUT2D eigenvalue weighted by atomic mass is 16.5. The van der Waals surface area contributed by atoms with Crippen LogP contribution in [0.25, 0.3) is 11.6 Å². The number of para-hydroxylation sites is 3. The number of fused-ring (bicyclic) bond motifs is 1. The van der Waals surface area contributed by atoms with E-state index in [0.717, 1.165) is 16.7 Å². The van der Waals surface area contributed by atoms with E-state index < -0.39 is 30.5 Å². The van der Waals surface area contributed by atoms with Crippen molar-refractivity contribution in [2.45, 2.75) is 25.4 Å². The Morgan fingerprint density at radius 3 is 2.15 bits per heavy atom. The molecule has 0 unspecified atom stereocenters. The van der Waals surface area contributed by atoms with Gasteiger partial charge in [-0.25, -0.2) is 0 Å². The zero-order chi connectivity index (χ0) is 32.0. The first-order chi connectivity index (χ1) is 22.5. The predicted molar refractivity (Wildman–Crippen MR) is 178 cm³/mol. The van der Waals surface area contributed by atoms with E-state index >= 15 is 0 Å². The summed E-state index contributed by atoms with van der Waals surface area (Å²) in [7, 11) is 0. The number of allylic oxidation sites excluding steroid dienone is 1. The Balaban J connectivity index is 1.34. The SMILES string of the molecule is O=C1[C@@H]2[C@@H](CC(COc3ccccc3)=C([C@H](O)CC/C(=C/c3ccccc3O)c3ccccc3)[C@@H]2CO)C(=O)N1c1ccccc1. The zero-order valence-electron chi connectivity index (χ0n) is 25.4. The Labute approximate surface area is 268 Å². The molecule has 4 aromatic rings. The molecule has 1 fully saturated rings. The molecule has 0 spiro atoms. The molecule has 1 aliphatic heterocycles. The molecule has 1 heterocycles. The number of imide groups is 1. The molecule has 234 valence electrons. The second-order valence-corrected chi connectivity index (χ2v) is 11.8. The van der Waals surface area contributed by atoms with Crippen LogP contribution in [0.4, 0.5) is 5.69 Å². The van der Waals surface area contributed by atoms with Gasteiger partial charge in [-0.05, 0) is 78.0 Å². The van der Waals surface area contributed by atoms with Crippen molar-refractivity contribution in [2.24, 2.45) is 17.8 Å². The van der Waals surface area contributed by atoms with Crippen LogP contribution < -0.4 is 9.64 Å². The first-order valence-corrected chi connectivity index (χ1v) is 15.6. The van der Waals surface area contributed by atoms with Crippen LogP contribution in [0.5, 0.6) is 11.5 Å². The minimum Gasteiger partial charge on any atom is -0.507 e. The number of hydrogen-bond donors (Lipinski definition) is 3. The molecule has 4 atom stereocenters. The van der Waals surface area contributed by atoms with Crippen LogP contribution in [0.2, 0.25) is 0 Å². The van der Waals surface area contributed by atoms with E-state index in [1.807, 2.05) is 84.9 Å². The van der Waals surface area contributed by atoms with Crippen molar-refractivity contribution in [3.8, 4) is 11.5 Å². The molecule has 2 amide bonds. The molecule has 0 radical (unpaired) electrons. The summed E-state index contributed by atoms with van der Waals surface area (Å²) >= 11 is 0. The summed E-state index contributed by atoms with van der Waals surface area (Å²) in [5.41, 5.74) is 4.31. The Morgan fingerprint density at radius 2 is 1.48 bits per heavy atom. The summed E-state index contributed by atoms with van der Waals surface area (Å²) in [5, 5.41) is 33.2. The van der Waals surface area contributed by atoms with Gasteiger partial charge in [-0.15, -0.1) is 0 Å². The van der Waals surface area contributed by atoms with Crippen LogP contribution in [0, 0.1) is 17.8 Å². The van der Waals surface area contributed by atoms with Gasteiger partial charge in [-0.1, -0.05) is 84.9 Å². The van der Waals surface area contributed by atoms with Crippen molar-refractivity contribution in [3.05, 3.63) is 138 Å². The van der Waals surface area contributed by atoms with Crippen molar-refractivity contribution in [1.82, 2.24) is 0 Å². The Hall–Kier alpha value is -4.98. The molecular formula is C39H37NO6. The molecule has 6 rings (SSSR count). The third kappa shape index (κ3) is 6.38. The second-order valence-electron chi connectivity index (χ2n) is 11.8. The number of amides is 2. The van der Waals surface area contributed by atoms with Gasteiger partial charge >= 0.3 is 0 Å². The standard InChI is InChI=1S/C39H37NO6/c41-24-33-36(35(43)21-20-27(26-12-4-1-5-13-26)22-28-14-10-11-19-34(28)42)29(25-46-31-17-8-3-9-18-31)23-32-37(33)39(45)40(38(32)44)30-15-6-2-7-16-30/h1-19,22,32-33,35,37,41-43H,20-21,23-25H2/b27-22-/t32-,33+,35-,37-/m1/s1. The third-order valence-electron chi connectivity index (χ3n) is 9.01. The Morgan fingerprint density at radius 1 is 0.848 bits per heavy atom. The van der Waals surface area contributed by atoms with Crippen LogP contribution in [0.3, 0.4) is 0 Å². The van der Waals surface area contributed by atoms with E-state index in [2.05, 4.69) is 0 Å². The van der Waals surface area contributed by atoms with Crippen LogP contribution >= 0.6 is 0 Å². The van der Waals surface area contributed by atoms with Crippen LogP contribution in [-0.2, 0) is 9.59 Å². The number of nitrogens with zero attached hydrogens (tertiary/aromatic N) is 1. The van der Waals surface area contributed by atoms with Gasteiger partial charge in [0.25, 0.3) is 0 Å². The molecule has 4 aromatic carbocycles. The predicted octanol–water partition coefficient (Wildman–Crippen LogP) is 6.27. The van der Waals surface area contributed by atoms with E-state index in [-0.39, 0.29) is 37.0 Å². The van der Waals surface area contributed by atoms with E-state index in [1.54, 1.807) is 36.4 Å². The van der Waals surface area contributed by atoms with Gasteiger partial charge in [0.1, 0.15) is 18.1 Å². The molecule has 0 saturated carbocycles. The fourth-order valence-corrected chi connectivity index (χ4v) is 6.81. The number of anilines is 1. The number of aromatic hydroxyl groups is 1. The monoisotopic (exact) mass is 615 g/mol. The van der Waals surface area contributed by atoms with E-state index in [1.165, 1.54) is 4.90 Å². The summed E-state index contributed by atoms with van der Waals surface area (Å²) in [6.45, 7) is -0.286. The zero-order valence-corrected chi connectivity index (χ0v) is 25.4. The number of carbonyl (C=O) groups is 2. The molecule has 0 aromatic heterocycles. The second kappa shape index (κ2) is 14.0. The normalized spacial score (nSPS) is 20.5. The average Bonchev–Trinajstić information content (AvgIpc) is 3.35. The van der Waals surface area contributed by atoms with Crippen LogP contribution in [-0.4, -0.2) is 46.5 Å². The lowest BCUT2D eigenvalue weighted by molar-refractivity contribution is -0.123. The minimum absolute atomic E-state index is 0.113. The number of hydrogen-bond acceptors (Lipinski definition) is 6. The summed E-state index contributed by atoms with van der Waals surface area (Å²) < 4.78 is 6.13. The maximum Gasteiger partial charge on any atom is 0.238 e. The van der Waals surface area contributed by atoms with E-state index in [4.69, 9.17) is 4.74 Å². The molecule has 7 nitrogen and oxygen atoms in total. The fraction of sp³-hybridized carbons (Fsp3) is 0.231. The maximum atomic E-state index is 13.9. The number of aliphatic hydroxyl groups excluding tert-OH is 2. The smallest absolute Gasteiger partial charge is 0.238 e. The number of rotatable bonds is 11. The lowest BCUT2D eigenvalue weighted by Gasteiger charge is -2.36. The van der Waals surface area contributed by atoms with Crippen molar-refractivity contribution < 1.29 is 29.6 Å². The lowest BCUT2D eigenvalue weighted by Crippen LogP contribution is -2.40. The van der Waals surface area contributed by atoms with Gasteiger partial charge < -0.3 is 20.1 Å². The quantitative estimate of drug-likeness (QED) is 0.104. The molecular weight excluding hydrogens is 578 g/mol. The van der Waals surface area contributed by atoms with E-state index in [9.17, 15) is 24.9 Å². The van der Waals surface area contributed by atoms with Gasteiger partial charge in [-0.2, -0.15) is 0 Å². The first-order valence-electron chi connectivity index (χ1n) is 15.6. The lowest BCUT2D eigenvalue weighted by atomic mass is 9.68. The molecule has 2 aliphatic rings. The summed E-state index contributed by atoms with van der Waals surface area (Å²) in [5.74, 6) is -2.09. The topological polar surface area (TPSA) is 107 Å². The van der Waals surface area contributed by atoms with Crippen molar-refractivity contribution in [3.63, 3.8) is 0 Å². The highest BCUT2D eigenvalue weighted by Gasteiger charge is 2.55. The van der Waals surface area contributed by atoms with Gasteiger partial charge in [0.15, 0.2) is 0 Å². The molecule has 1 saturated heterocycles. The van der Waals surface area contributed by atoms with E-state index in [0.29, 0.717) is 29.0 Å². The van der Waals surface area contributed by atoms with Crippen molar-refractivity contribution in [1.29, 1.82) is 0 Å². The molecule has 1 aliphatic carbocycles. The fourth-order valence-electron chi connectivity index (χ4n) is 6.81. The van der Waals surface area contributed by atoms with Crippen molar-refractivity contribution >= 4 is 29.2 Å². The highest BCUT2D eigenvalue weighted by molar-refractivity contribution is 6.22. The van der Waals surface area contributed by atoms with Gasteiger partial charge in [0.05, 0.1) is 30.2 Å². The first kappa shape index (κ1) is 31.0. The van der Waals surface area contributed by atoms with Crippen LogP contribution in [0.15, 0.2) is 126 Å². The minimum atomic E-state index is -1.02. The number of phenols is 1. The Bertz CT molecular complexity index is 1730. The van der Waals surface area contributed by atoms with Gasteiger partial charge in [0, 0.05) is 11.5 Å². The van der Waals surface area contributed by atoms with Gasteiger partial charge in [-0.3, -0.25) is 14.5 Å². The van der Waals surface area contributed by atoms with Gasteiger partial charge in [0.2, 0.25) is 11.8 Å². The number of ether oxygens (including phenoxy) is 1. The molecule has 46 heavy (non-hydrogen) atoms. The summed E-state index contributed by atoms with van der Waals surface area (Å²) in [6, 6.07) is 35.0. The number of benzene rings is 4. The molecule has 7 heteroatoms. The largest absolute Gasteiger partial charge is 0.507 e. The van der Waals surface area contributed by atoms with Crippen LogP contribution in [0.1, 0.15) is 30.4 Å². The average molecular weight is 616 g/mol. The number of phenolic OH excluding ortho intramolecular Hbond substituents is 1. The molecule has 3 N–H and O–H groups in total. The summed E-state index contributed by atoms with van der Waals surface area (Å²) in [6.07, 6.45) is 1.88. The maximum absolute atomic E-state index is 13.9. The highest BCUT2D eigenvalue weighted by Crippen LogP contribution is 2.47. The van der Waals surface area contributed by atoms with Crippen molar-refractivity contribution in [2.75, 3.05) is 18.1 Å². The molecule has 0 bridgehead atoms. The summed E-state index contributed by atoms with van der Waals surface area (Å²) in [4.78, 5) is 28.9. The number of aliphatic hydroxyl groups is 2. The third-order valence-corrected chi connectivity index (χ3v) is 9.01. The Kier molecular flexibility index (Phi) is 9.43. The number of carbonyl (C=O) groups excluding carboxylic acids is 2.